The van der Waals surface area contributed by atoms with Crippen molar-refractivity contribution in [2.45, 2.75) is 19.4 Å². The summed E-state index contributed by atoms with van der Waals surface area (Å²) in [6.07, 6.45) is 0.977. The zero-order chi connectivity index (χ0) is 16.6. The van der Waals surface area contributed by atoms with Crippen molar-refractivity contribution in [3.05, 3.63) is 45.3 Å². The smallest absolute Gasteiger partial charge is 0.264 e. The number of carbonyl (C=O) groups excluding carboxylic acids is 1. The Morgan fingerprint density at radius 1 is 1.29 bits per heavy atom. The minimum absolute atomic E-state index is 0. The maximum Gasteiger partial charge on any atom is 0.264 e. The van der Waals surface area contributed by atoms with Gasteiger partial charge in [0.1, 0.15) is 0 Å². The molecule has 3 nitrogen and oxygen atoms in total. The highest BCUT2D eigenvalue weighted by Gasteiger charge is 2.32. The molecule has 1 aromatic heterocycles. The van der Waals surface area contributed by atoms with Crippen LogP contribution in [0.4, 0.5) is 0 Å². The Labute approximate surface area is 162 Å². The van der Waals surface area contributed by atoms with Crippen LogP contribution in [0.1, 0.15) is 23.0 Å². The van der Waals surface area contributed by atoms with Gasteiger partial charge in [-0.25, -0.2) is 0 Å². The van der Waals surface area contributed by atoms with Gasteiger partial charge in [0.05, 0.1) is 4.88 Å². The van der Waals surface area contributed by atoms with Gasteiger partial charge in [-0.05, 0) is 61.7 Å². The number of thiophene rings is 1. The number of likely N-dealkylation sites (tertiary alicyclic amines) is 1. The Hall–Kier alpha value is -0.780. The van der Waals surface area contributed by atoms with Crippen LogP contribution in [0.25, 0.3) is 10.4 Å². The summed E-state index contributed by atoms with van der Waals surface area (Å²) in [5.74, 6) is 0.484. The molecule has 1 fully saturated rings. The highest BCUT2D eigenvalue weighted by molar-refractivity contribution is 7.17. The van der Waals surface area contributed by atoms with Crippen LogP contribution in [0.15, 0.2) is 30.3 Å². The predicted octanol–water partition coefficient (Wildman–Crippen LogP) is 4.95. The third kappa shape index (κ3) is 4.06. The van der Waals surface area contributed by atoms with Crippen LogP contribution in [0, 0.1) is 5.92 Å². The standard InChI is InChI=1S/C17H18Cl2N2OS.ClH/c1-10-4-11(8-20)9-21(10)17(22)16-3-2-15(23-16)12-5-13(18)7-14(19)6-12;/h2-3,5-7,10-11H,4,8-9,20H2,1H3;1H. The molecule has 3 rings (SSSR count). The Bertz CT molecular complexity index is 714. The molecular formula is C17H19Cl3N2OS. The van der Waals surface area contributed by atoms with Crippen LogP contribution < -0.4 is 5.73 Å². The molecule has 1 aliphatic rings. The topological polar surface area (TPSA) is 46.3 Å². The Kier molecular flexibility index (Phi) is 6.57. The van der Waals surface area contributed by atoms with E-state index in [9.17, 15) is 4.79 Å². The lowest BCUT2D eigenvalue weighted by atomic mass is 10.1. The van der Waals surface area contributed by atoms with Crippen LogP contribution in [-0.2, 0) is 0 Å². The van der Waals surface area contributed by atoms with E-state index in [1.165, 1.54) is 11.3 Å². The largest absolute Gasteiger partial charge is 0.335 e. The van der Waals surface area contributed by atoms with Gasteiger partial charge in [0.15, 0.2) is 0 Å². The number of hydrogen-bond donors (Lipinski definition) is 1. The molecule has 2 atom stereocenters. The molecule has 0 spiro atoms. The molecule has 2 unspecified atom stereocenters. The van der Waals surface area contributed by atoms with Crippen LogP contribution in [0.3, 0.4) is 0 Å². The van der Waals surface area contributed by atoms with E-state index in [2.05, 4.69) is 6.92 Å². The first kappa shape index (κ1) is 19.5. The van der Waals surface area contributed by atoms with E-state index in [4.69, 9.17) is 28.9 Å². The van der Waals surface area contributed by atoms with E-state index in [0.29, 0.717) is 22.5 Å². The number of benzene rings is 1. The average Bonchev–Trinajstić information content (AvgIpc) is 3.12. The molecule has 2 N–H and O–H groups in total. The third-order valence-electron chi connectivity index (χ3n) is 4.22. The fourth-order valence-electron chi connectivity index (χ4n) is 3.04. The molecule has 1 aromatic carbocycles. The Morgan fingerprint density at radius 2 is 1.96 bits per heavy atom. The number of hydrogen-bond acceptors (Lipinski definition) is 3. The van der Waals surface area contributed by atoms with Gasteiger partial charge in [-0.1, -0.05) is 23.2 Å². The maximum atomic E-state index is 12.7. The van der Waals surface area contributed by atoms with Gasteiger partial charge in [0.2, 0.25) is 0 Å². The van der Waals surface area contributed by atoms with E-state index < -0.39 is 0 Å². The highest BCUT2D eigenvalue weighted by Crippen LogP contribution is 2.34. The average molecular weight is 406 g/mol. The minimum atomic E-state index is 0. The fourth-order valence-corrected chi connectivity index (χ4v) is 4.52. The zero-order valence-corrected chi connectivity index (χ0v) is 16.3. The lowest BCUT2D eigenvalue weighted by molar-refractivity contribution is 0.0748. The number of nitrogens with two attached hydrogens (primary N) is 1. The van der Waals surface area contributed by atoms with E-state index in [-0.39, 0.29) is 24.4 Å². The molecule has 1 saturated heterocycles. The molecule has 7 heteroatoms. The zero-order valence-electron chi connectivity index (χ0n) is 13.2. The second kappa shape index (κ2) is 8.07. The van der Waals surface area contributed by atoms with Crippen molar-refractivity contribution in [3.8, 4) is 10.4 Å². The molecule has 0 saturated carbocycles. The molecular weight excluding hydrogens is 387 g/mol. The summed E-state index contributed by atoms with van der Waals surface area (Å²) >= 11 is 13.6. The molecule has 2 aromatic rings. The first-order valence-electron chi connectivity index (χ1n) is 7.55. The second-order valence-corrected chi connectivity index (χ2v) is 7.92. The molecule has 0 aliphatic carbocycles. The summed E-state index contributed by atoms with van der Waals surface area (Å²) in [7, 11) is 0. The maximum absolute atomic E-state index is 12.7. The molecule has 24 heavy (non-hydrogen) atoms. The second-order valence-electron chi connectivity index (χ2n) is 5.97. The first-order valence-corrected chi connectivity index (χ1v) is 9.12. The lowest BCUT2D eigenvalue weighted by Gasteiger charge is -2.20. The fraction of sp³-hybridized carbons (Fsp3) is 0.353. The molecule has 130 valence electrons. The first-order chi connectivity index (χ1) is 11.0. The van der Waals surface area contributed by atoms with Gasteiger partial charge < -0.3 is 10.6 Å². The summed E-state index contributed by atoms with van der Waals surface area (Å²) < 4.78 is 0. The number of amides is 1. The summed E-state index contributed by atoms with van der Waals surface area (Å²) in [5.41, 5.74) is 6.68. The van der Waals surface area contributed by atoms with Gasteiger partial charge in [0, 0.05) is 27.5 Å². The molecule has 1 amide bonds. The van der Waals surface area contributed by atoms with Gasteiger partial charge in [-0.2, -0.15) is 0 Å². The van der Waals surface area contributed by atoms with E-state index in [0.717, 1.165) is 28.3 Å². The summed E-state index contributed by atoms with van der Waals surface area (Å²) in [5, 5.41) is 1.18. The third-order valence-corrected chi connectivity index (χ3v) is 5.78. The number of rotatable bonds is 3. The molecule has 0 radical (unpaired) electrons. The predicted molar refractivity (Wildman–Crippen MR) is 105 cm³/mol. The van der Waals surface area contributed by atoms with Gasteiger partial charge in [-0.15, -0.1) is 23.7 Å². The van der Waals surface area contributed by atoms with Crippen molar-refractivity contribution >= 4 is 52.9 Å². The van der Waals surface area contributed by atoms with E-state index >= 15 is 0 Å². The summed E-state index contributed by atoms with van der Waals surface area (Å²) in [4.78, 5) is 16.4. The van der Waals surface area contributed by atoms with Crippen molar-refractivity contribution < 1.29 is 4.79 Å². The van der Waals surface area contributed by atoms with Crippen molar-refractivity contribution in [1.82, 2.24) is 4.90 Å². The molecule has 1 aliphatic heterocycles. The van der Waals surface area contributed by atoms with Crippen molar-refractivity contribution in [2.24, 2.45) is 11.7 Å². The van der Waals surface area contributed by atoms with Crippen LogP contribution in [-0.4, -0.2) is 29.9 Å². The number of halogens is 3. The highest BCUT2D eigenvalue weighted by atomic mass is 35.5. The lowest BCUT2D eigenvalue weighted by Crippen LogP contribution is -2.33. The summed E-state index contributed by atoms with van der Waals surface area (Å²) in [6, 6.07) is 9.47. The van der Waals surface area contributed by atoms with Crippen LogP contribution >= 0.6 is 46.9 Å². The van der Waals surface area contributed by atoms with Gasteiger partial charge in [-0.3, -0.25) is 4.79 Å². The van der Waals surface area contributed by atoms with E-state index in [1.54, 1.807) is 6.07 Å². The number of nitrogens with zero attached hydrogens (tertiary/aromatic N) is 1. The normalized spacial score (nSPS) is 20.1. The Morgan fingerprint density at radius 3 is 2.54 bits per heavy atom. The number of carbonyl (C=O) groups is 1. The van der Waals surface area contributed by atoms with Gasteiger partial charge >= 0.3 is 0 Å². The molecule has 2 heterocycles. The summed E-state index contributed by atoms with van der Waals surface area (Å²) in [6.45, 7) is 3.45. The van der Waals surface area contributed by atoms with E-state index in [1.807, 2.05) is 29.2 Å². The Balaban J connectivity index is 0.00000208. The monoisotopic (exact) mass is 404 g/mol. The van der Waals surface area contributed by atoms with Gasteiger partial charge in [0.25, 0.3) is 5.91 Å². The van der Waals surface area contributed by atoms with Crippen molar-refractivity contribution in [2.75, 3.05) is 13.1 Å². The molecule has 0 bridgehead atoms. The SMILES string of the molecule is CC1CC(CN)CN1C(=O)c1ccc(-c2cc(Cl)cc(Cl)c2)s1.Cl. The van der Waals surface area contributed by atoms with Crippen molar-refractivity contribution in [1.29, 1.82) is 0 Å². The van der Waals surface area contributed by atoms with Crippen LogP contribution in [0.5, 0.6) is 0 Å². The minimum Gasteiger partial charge on any atom is -0.335 e. The quantitative estimate of drug-likeness (QED) is 0.785. The van der Waals surface area contributed by atoms with Crippen molar-refractivity contribution in [3.63, 3.8) is 0 Å². The van der Waals surface area contributed by atoms with Crippen LogP contribution in [0.2, 0.25) is 10.0 Å².